The summed E-state index contributed by atoms with van der Waals surface area (Å²) in [5.41, 5.74) is 0.362. The van der Waals surface area contributed by atoms with Crippen molar-refractivity contribution in [2.75, 3.05) is 5.32 Å². The molecule has 1 atom stereocenters. The van der Waals surface area contributed by atoms with Crippen LogP contribution in [0.15, 0.2) is 43.1 Å². The number of aromatic nitrogens is 1. The summed E-state index contributed by atoms with van der Waals surface area (Å²) in [5, 5.41) is 3.58. The Balaban J connectivity index is 2.26. The van der Waals surface area contributed by atoms with Crippen molar-refractivity contribution in [3.63, 3.8) is 0 Å². The molecule has 4 heteroatoms. The first-order chi connectivity index (χ1) is 10.9. The van der Waals surface area contributed by atoms with E-state index in [1.165, 1.54) is 12.3 Å². The van der Waals surface area contributed by atoms with Crippen LogP contribution in [0.3, 0.4) is 0 Å². The lowest BCUT2D eigenvalue weighted by molar-refractivity contribution is -0.125. The monoisotopic (exact) mass is 314 g/mol. The molecule has 1 aromatic carbocycles. The average molecular weight is 314 g/mol. The Morgan fingerprint density at radius 3 is 2.87 bits per heavy atom. The summed E-state index contributed by atoms with van der Waals surface area (Å²) < 4.78 is 13.7. The molecule has 0 bridgehead atoms. The van der Waals surface area contributed by atoms with Crippen LogP contribution in [-0.2, 0) is 4.79 Å². The summed E-state index contributed by atoms with van der Waals surface area (Å²) >= 11 is 0. The minimum atomic E-state index is -0.521. The van der Waals surface area contributed by atoms with Crippen LogP contribution in [0.25, 0.3) is 10.9 Å². The second kappa shape index (κ2) is 6.90. The molecule has 1 heterocycles. The number of amides is 1. The van der Waals surface area contributed by atoms with E-state index in [2.05, 4.69) is 30.7 Å². The summed E-state index contributed by atoms with van der Waals surface area (Å²) in [5.74, 6) is -0.0325. The van der Waals surface area contributed by atoms with E-state index in [4.69, 9.17) is 0 Å². The molecule has 1 unspecified atom stereocenters. The molecule has 0 fully saturated rings. The molecule has 0 aliphatic carbocycles. The van der Waals surface area contributed by atoms with Gasteiger partial charge in [-0.25, -0.2) is 4.39 Å². The van der Waals surface area contributed by atoms with E-state index in [9.17, 15) is 9.18 Å². The van der Waals surface area contributed by atoms with Crippen LogP contribution in [0, 0.1) is 17.2 Å². The zero-order valence-electron chi connectivity index (χ0n) is 13.9. The molecule has 1 amide bonds. The zero-order valence-corrected chi connectivity index (χ0v) is 13.9. The molecular weight excluding hydrogens is 291 g/mol. The van der Waals surface area contributed by atoms with Gasteiger partial charge in [0.1, 0.15) is 11.3 Å². The third-order valence-electron chi connectivity index (χ3n) is 3.92. The van der Waals surface area contributed by atoms with Crippen molar-refractivity contribution < 1.29 is 9.18 Å². The molecule has 2 rings (SSSR count). The van der Waals surface area contributed by atoms with Crippen molar-refractivity contribution in [1.82, 2.24) is 4.98 Å². The summed E-state index contributed by atoms with van der Waals surface area (Å²) in [6.45, 7) is 9.89. The maximum atomic E-state index is 13.7. The van der Waals surface area contributed by atoms with Gasteiger partial charge in [0.25, 0.3) is 0 Å². The predicted octanol–water partition coefficient (Wildman–Crippen LogP) is 4.94. The van der Waals surface area contributed by atoms with E-state index in [0.29, 0.717) is 28.9 Å². The average Bonchev–Trinajstić information content (AvgIpc) is 2.46. The van der Waals surface area contributed by atoms with Crippen molar-refractivity contribution >= 4 is 22.5 Å². The number of carbonyl (C=O) groups is 1. The molecule has 23 heavy (non-hydrogen) atoms. The Kier molecular flexibility index (Phi) is 5.14. The van der Waals surface area contributed by atoms with Crippen molar-refractivity contribution in [2.24, 2.45) is 11.3 Å². The van der Waals surface area contributed by atoms with Gasteiger partial charge < -0.3 is 5.32 Å². The summed E-state index contributed by atoms with van der Waals surface area (Å²) in [7, 11) is 0. The van der Waals surface area contributed by atoms with Crippen LogP contribution in [0.1, 0.15) is 33.6 Å². The number of nitrogens with one attached hydrogen (secondary N) is 1. The number of halogens is 1. The standard InChI is InChI=1S/C19H23FN2O/c1-5-9-19(4,11-13(2)3)18(23)22-15-10-14-7-6-8-16(20)17(14)21-12-15/h5-8,10,12-13H,1,9,11H2,2-4H3,(H,22,23). The molecule has 0 aliphatic heterocycles. The second-order valence-electron chi connectivity index (χ2n) is 6.64. The topological polar surface area (TPSA) is 42.0 Å². The number of benzene rings is 1. The first kappa shape index (κ1) is 17.1. The maximum Gasteiger partial charge on any atom is 0.230 e. The van der Waals surface area contributed by atoms with Gasteiger partial charge in [-0.2, -0.15) is 0 Å². The molecule has 1 aromatic heterocycles. The number of hydrogen-bond donors (Lipinski definition) is 1. The number of hydrogen-bond acceptors (Lipinski definition) is 2. The fourth-order valence-corrected chi connectivity index (χ4v) is 2.96. The fourth-order valence-electron chi connectivity index (χ4n) is 2.96. The number of pyridine rings is 1. The van der Waals surface area contributed by atoms with E-state index in [1.54, 1.807) is 24.3 Å². The van der Waals surface area contributed by atoms with Crippen LogP contribution in [0.4, 0.5) is 10.1 Å². The van der Waals surface area contributed by atoms with Gasteiger partial charge in [-0.1, -0.05) is 39.0 Å². The Hall–Kier alpha value is -2.23. The normalized spacial score (nSPS) is 13.8. The van der Waals surface area contributed by atoms with Gasteiger partial charge in [-0.15, -0.1) is 6.58 Å². The largest absolute Gasteiger partial charge is 0.324 e. The highest BCUT2D eigenvalue weighted by Crippen LogP contribution is 2.32. The number of rotatable bonds is 6. The summed E-state index contributed by atoms with van der Waals surface area (Å²) in [4.78, 5) is 16.8. The lowest BCUT2D eigenvalue weighted by atomic mass is 9.78. The molecule has 0 spiro atoms. The number of carbonyl (C=O) groups excluding carboxylic acids is 1. The van der Waals surface area contributed by atoms with Gasteiger partial charge in [0.2, 0.25) is 5.91 Å². The Morgan fingerprint density at radius 2 is 2.22 bits per heavy atom. The molecule has 0 aliphatic rings. The van der Waals surface area contributed by atoms with E-state index in [-0.39, 0.29) is 11.7 Å². The van der Waals surface area contributed by atoms with Crippen LogP contribution >= 0.6 is 0 Å². The van der Waals surface area contributed by atoms with Crippen molar-refractivity contribution in [3.05, 3.63) is 48.9 Å². The van der Waals surface area contributed by atoms with Gasteiger partial charge in [-0.05, 0) is 30.9 Å². The molecular formula is C19H23FN2O. The van der Waals surface area contributed by atoms with Crippen molar-refractivity contribution in [3.8, 4) is 0 Å². The number of fused-ring (bicyclic) bond motifs is 1. The van der Waals surface area contributed by atoms with E-state index in [1.807, 2.05) is 6.92 Å². The van der Waals surface area contributed by atoms with Gasteiger partial charge in [0.05, 0.1) is 17.3 Å². The van der Waals surface area contributed by atoms with E-state index >= 15 is 0 Å². The lowest BCUT2D eigenvalue weighted by Gasteiger charge is -2.29. The van der Waals surface area contributed by atoms with E-state index in [0.717, 1.165) is 6.42 Å². The third kappa shape index (κ3) is 3.95. The van der Waals surface area contributed by atoms with E-state index < -0.39 is 5.41 Å². The van der Waals surface area contributed by atoms with Gasteiger partial charge in [0, 0.05) is 5.39 Å². The van der Waals surface area contributed by atoms with Crippen LogP contribution in [-0.4, -0.2) is 10.9 Å². The zero-order chi connectivity index (χ0) is 17.0. The Bertz CT molecular complexity index is 726. The van der Waals surface area contributed by atoms with Crippen molar-refractivity contribution in [1.29, 1.82) is 0 Å². The number of anilines is 1. The number of allylic oxidation sites excluding steroid dienone is 1. The summed E-state index contributed by atoms with van der Waals surface area (Å²) in [6, 6.07) is 6.52. The van der Waals surface area contributed by atoms with Crippen molar-refractivity contribution in [2.45, 2.75) is 33.6 Å². The van der Waals surface area contributed by atoms with Gasteiger partial charge in [-0.3, -0.25) is 9.78 Å². The second-order valence-corrected chi connectivity index (χ2v) is 6.64. The first-order valence-corrected chi connectivity index (χ1v) is 7.82. The van der Waals surface area contributed by atoms with Crippen LogP contribution in [0.5, 0.6) is 0 Å². The highest BCUT2D eigenvalue weighted by molar-refractivity contribution is 5.96. The minimum Gasteiger partial charge on any atom is -0.324 e. The quantitative estimate of drug-likeness (QED) is 0.767. The highest BCUT2D eigenvalue weighted by Gasteiger charge is 2.32. The molecule has 2 aromatic rings. The Labute approximate surface area is 136 Å². The predicted molar refractivity (Wildman–Crippen MR) is 92.7 cm³/mol. The number of para-hydroxylation sites is 1. The maximum absolute atomic E-state index is 13.7. The molecule has 3 nitrogen and oxygen atoms in total. The fraction of sp³-hybridized carbons (Fsp3) is 0.368. The first-order valence-electron chi connectivity index (χ1n) is 7.82. The smallest absolute Gasteiger partial charge is 0.230 e. The Morgan fingerprint density at radius 1 is 1.48 bits per heavy atom. The molecule has 0 radical (unpaired) electrons. The molecule has 1 N–H and O–H groups in total. The number of nitrogens with zero attached hydrogens (tertiary/aromatic N) is 1. The molecule has 0 saturated heterocycles. The van der Waals surface area contributed by atoms with Crippen LogP contribution < -0.4 is 5.32 Å². The SMILES string of the molecule is C=CCC(C)(CC(C)C)C(=O)Nc1cnc2c(F)cccc2c1. The van der Waals surface area contributed by atoms with Gasteiger partial charge in [0.15, 0.2) is 0 Å². The van der Waals surface area contributed by atoms with Gasteiger partial charge >= 0.3 is 0 Å². The summed E-state index contributed by atoms with van der Waals surface area (Å²) in [6.07, 6.45) is 4.64. The highest BCUT2D eigenvalue weighted by atomic mass is 19.1. The lowest BCUT2D eigenvalue weighted by Crippen LogP contribution is -2.34. The minimum absolute atomic E-state index is 0.0661. The molecule has 0 saturated carbocycles. The van der Waals surface area contributed by atoms with Crippen LogP contribution in [0.2, 0.25) is 0 Å². The molecule has 122 valence electrons. The third-order valence-corrected chi connectivity index (χ3v) is 3.92.